The highest BCUT2D eigenvalue weighted by Gasteiger charge is 2.27. The number of carbonyl (C=O) groups is 1. The average molecular weight is 206 g/mol. The van der Waals surface area contributed by atoms with Crippen molar-refractivity contribution in [3.05, 3.63) is 23.8 Å². The summed E-state index contributed by atoms with van der Waals surface area (Å²) in [7, 11) is 0. The molecule has 0 aromatic rings. The first-order valence-electron chi connectivity index (χ1n) is 5.71. The lowest BCUT2D eigenvalue weighted by Crippen LogP contribution is -2.24. The number of hydrogen-bond acceptors (Lipinski definition) is 1. The van der Waals surface area contributed by atoms with Gasteiger partial charge in [0.2, 0.25) is 0 Å². The van der Waals surface area contributed by atoms with Gasteiger partial charge < -0.3 is 0 Å². The molecule has 0 heterocycles. The number of hydrogen-bond donors (Lipinski definition) is 0. The first kappa shape index (κ1) is 12.2. The van der Waals surface area contributed by atoms with Crippen molar-refractivity contribution in [3.63, 3.8) is 0 Å². The van der Waals surface area contributed by atoms with Gasteiger partial charge in [-0.15, -0.1) is 0 Å². The van der Waals surface area contributed by atoms with E-state index in [2.05, 4.69) is 19.6 Å². The quantitative estimate of drug-likeness (QED) is 0.626. The Kier molecular flexibility index (Phi) is 3.54. The smallest absolute Gasteiger partial charge is 0.163 e. The largest absolute Gasteiger partial charge is 0.294 e. The van der Waals surface area contributed by atoms with Gasteiger partial charge in [-0.05, 0) is 37.7 Å². The van der Waals surface area contributed by atoms with Gasteiger partial charge in [-0.1, -0.05) is 39.0 Å². The third kappa shape index (κ3) is 3.05. The molecule has 1 aliphatic carbocycles. The molecule has 1 rings (SSSR count). The average Bonchev–Trinajstić information content (AvgIpc) is 2.15. The predicted molar refractivity (Wildman–Crippen MR) is 64.7 cm³/mol. The number of ketones is 1. The molecular weight excluding hydrogens is 184 g/mol. The molecule has 0 aliphatic heterocycles. The zero-order valence-electron chi connectivity index (χ0n) is 10.4. The maximum Gasteiger partial charge on any atom is 0.163 e. The van der Waals surface area contributed by atoms with Crippen LogP contribution < -0.4 is 0 Å². The highest BCUT2D eigenvalue weighted by Crippen LogP contribution is 2.32. The molecule has 0 spiro atoms. The van der Waals surface area contributed by atoms with Crippen molar-refractivity contribution >= 4 is 5.78 Å². The molecule has 0 bridgehead atoms. The van der Waals surface area contributed by atoms with Gasteiger partial charge in [-0.25, -0.2) is 0 Å². The van der Waals surface area contributed by atoms with Crippen molar-refractivity contribution in [1.29, 1.82) is 0 Å². The Bertz CT molecular complexity index is 302. The molecule has 1 aliphatic rings. The van der Waals surface area contributed by atoms with Crippen molar-refractivity contribution in [2.45, 2.75) is 47.0 Å². The molecule has 0 fully saturated rings. The molecule has 1 heteroatoms. The molecular formula is C14H22O. The van der Waals surface area contributed by atoms with E-state index in [4.69, 9.17) is 0 Å². The van der Waals surface area contributed by atoms with Crippen LogP contribution in [0.4, 0.5) is 0 Å². The lowest BCUT2D eigenvalue weighted by Gasteiger charge is -2.25. The van der Waals surface area contributed by atoms with Crippen LogP contribution in [0.1, 0.15) is 47.0 Å². The predicted octanol–water partition coefficient (Wildman–Crippen LogP) is 3.90. The van der Waals surface area contributed by atoms with Gasteiger partial charge in [-0.3, -0.25) is 4.79 Å². The van der Waals surface area contributed by atoms with E-state index in [1.54, 1.807) is 0 Å². The van der Waals surface area contributed by atoms with Gasteiger partial charge in [-0.2, -0.15) is 0 Å². The summed E-state index contributed by atoms with van der Waals surface area (Å²) in [6.07, 6.45) is 5.12. The maximum absolute atomic E-state index is 12.0. The fourth-order valence-electron chi connectivity index (χ4n) is 1.97. The molecule has 0 radical (unpaired) electrons. The highest BCUT2D eigenvalue weighted by molar-refractivity contribution is 5.99. The van der Waals surface area contributed by atoms with Crippen LogP contribution in [0.2, 0.25) is 0 Å². The second kappa shape index (κ2) is 4.34. The third-order valence-corrected chi connectivity index (χ3v) is 3.08. The zero-order valence-corrected chi connectivity index (χ0v) is 10.4. The van der Waals surface area contributed by atoms with E-state index >= 15 is 0 Å². The van der Waals surface area contributed by atoms with Crippen LogP contribution in [0.5, 0.6) is 0 Å². The summed E-state index contributed by atoms with van der Waals surface area (Å²) in [5.41, 5.74) is 2.04. The van der Waals surface area contributed by atoms with E-state index in [1.165, 1.54) is 5.57 Å². The van der Waals surface area contributed by atoms with Crippen LogP contribution >= 0.6 is 0 Å². The molecule has 1 atom stereocenters. The molecule has 0 aromatic heterocycles. The molecule has 0 amide bonds. The minimum atomic E-state index is -0.234. The van der Waals surface area contributed by atoms with Gasteiger partial charge in [0.1, 0.15) is 0 Å². The Morgan fingerprint density at radius 2 is 2.07 bits per heavy atom. The van der Waals surface area contributed by atoms with Gasteiger partial charge in [0.05, 0.1) is 0 Å². The van der Waals surface area contributed by atoms with Crippen LogP contribution in [0.25, 0.3) is 0 Å². The van der Waals surface area contributed by atoms with Crippen LogP contribution in [-0.4, -0.2) is 5.78 Å². The van der Waals surface area contributed by atoms with Gasteiger partial charge in [0.15, 0.2) is 5.78 Å². The van der Waals surface area contributed by atoms with Crippen LogP contribution in [0, 0.1) is 11.3 Å². The van der Waals surface area contributed by atoms with E-state index in [0.29, 0.717) is 11.7 Å². The van der Waals surface area contributed by atoms with Crippen molar-refractivity contribution in [3.8, 4) is 0 Å². The maximum atomic E-state index is 12.0. The molecule has 0 N–H and O–H groups in total. The van der Waals surface area contributed by atoms with Crippen molar-refractivity contribution in [1.82, 2.24) is 0 Å². The first-order valence-corrected chi connectivity index (χ1v) is 5.71. The van der Waals surface area contributed by atoms with Crippen molar-refractivity contribution in [2.75, 3.05) is 0 Å². The highest BCUT2D eigenvalue weighted by atomic mass is 16.1. The Hall–Kier alpha value is -0.850. The van der Waals surface area contributed by atoms with E-state index in [0.717, 1.165) is 24.8 Å². The van der Waals surface area contributed by atoms with Crippen molar-refractivity contribution in [2.24, 2.45) is 11.3 Å². The summed E-state index contributed by atoms with van der Waals surface area (Å²) in [5.74, 6) is 0.893. The molecule has 1 nitrogen and oxygen atoms in total. The standard InChI is InChI=1S/C14H22O/c1-10(2)11-6-8-12(9-7-11)13(15)14(3,4)5/h8,11H,1,6-7,9H2,2-5H3/t11-/m0/s1. The van der Waals surface area contributed by atoms with Crippen LogP contribution in [-0.2, 0) is 4.79 Å². The molecule has 0 unspecified atom stereocenters. The lowest BCUT2D eigenvalue weighted by atomic mass is 9.78. The van der Waals surface area contributed by atoms with Gasteiger partial charge >= 0.3 is 0 Å². The number of allylic oxidation sites excluding steroid dienone is 3. The van der Waals surface area contributed by atoms with E-state index in [-0.39, 0.29) is 5.41 Å². The summed E-state index contributed by atoms with van der Waals surface area (Å²) in [6.45, 7) is 12.0. The number of rotatable bonds is 2. The van der Waals surface area contributed by atoms with Crippen molar-refractivity contribution < 1.29 is 4.79 Å². The van der Waals surface area contributed by atoms with Gasteiger partial charge in [0, 0.05) is 5.41 Å². The fraction of sp³-hybridized carbons (Fsp3) is 0.643. The SMILES string of the molecule is C=C(C)[C@H]1CC=C(C(=O)C(C)(C)C)CC1. The Labute approximate surface area is 93.3 Å². The molecule has 0 aromatic carbocycles. The molecule has 0 saturated heterocycles. The van der Waals surface area contributed by atoms with E-state index in [9.17, 15) is 4.79 Å². The van der Waals surface area contributed by atoms with Gasteiger partial charge in [0.25, 0.3) is 0 Å². The minimum absolute atomic E-state index is 0.234. The molecule has 15 heavy (non-hydrogen) atoms. The lowest BCUT2D eigenvalue weighted by molar-refractivity contribution is -0.122. The minimum Gasteiger partial charge on any atom is -0.294 e. The summed E-state index contributed by atoms with van der Waals surface area (Å²) in [5, 5.41) is 0. The second-order valence-corrected chi connectivity index (χ2v) is 5.63. The summed E-state index contributed by atoms with van der Waals surface area (Å²) < 4.78 is 0. The number of Topliss-reactive ketones (excluding diaryl/α,β-unsaturated/α-hetero) is 1. The summed E-state index contributed by atoms with van der Waals surface area (Å²) in [4.78, 5) is 12.0. The van der Waals surface area contributed by atoms with E-state index < -0.39 is 0 Å². The second-order valence-electron chi connectivity index (χ2n) is 5.63. The normalized spacial score (nSPS) is 22.1. The Morgan fingerprint density at radius 1 is 1.47 bits per heavy atom. The molecule has 0 saturated carbocycles. The van der Waals surface area contributed by atoms with E-state index in [1.807, 2.05) is 20.8 Å². The zero-order chi connectivity index (χ0) is 11.6. The number of carbonyl (C=O) groups excluding carboxylic acids is 1. The van der Waals surface area contributed by atoms with Crippen LogP contribution in [0.3, 0.4) is 0 Å². The summed E-state index contributed by atoms with van der Waals surface area (Å²) in [6, 6.07) is 0. The Balaban J connectivity index is 2.69. The topological polar surface area (TPSA) is 17.1 Å². The third-order valence-electron chi connectivity index (χ3n) is 3.08. The molecule has 84 valence electrons. The fourth-order valence-corrected chi connectivity index (χ4v) is 1.97. The Morgan fingerprint density at radius 3 is 2.40 bits per heavy atom. The first-order chi connectivity index (χ1) is 6.82. The van der Waals surface area contributed by atoms with Crippen LogP contribution in [0.15, 0.2) is 23.8 Å². The monoisotopic (exact) mass is 206 g/mol. The summed E-state index contributed by atoms with van der Waals surface area (Å²) >= 11 is 0.